The fraction of sp³-hybridized carbons (Fsp3) is 0.611. The maximum atomic E-state index is 13.1. The van der Waals surface area contributed by atoms with Crippen molar-refractivity contribution in [3.8, 4) is 0 Å². The second-order valence-electron chi connectivity index (χ2n) is 7.03. The van der Waals surface area contributed by atoms with Gasteiger partial charge >= 0.3 is 6.18 Å². The molecule has 9 heteroatoms. The fourth-order valence-corrected chi connectivity index (χ4v) is 5.54. The summed E-state index contributed by atoms with van der Waals surface area (Å²) in [4.78, 5) is -0.428. The van der Waals surface area contributed by atoms with Crippen LogP contribution in [0.15, 0.2) is 23.1 Å². The highest BCUT2D eigenvalue weighted by Crippen LogP contribution is 2.34. The summed E-state index contributed by atoms with van der Waals surface area (Å²) in [5.74, 6) is 0. The zero-order chi connectivity index (χ0) is 19.7. The number of benzene rings is 1. The van der Waals surface area contributed by atoms with Crippen molar-refractivity contribution in [2.75, 3.05) is 13.2 Å². The molecule has 0 N–H and O–H groups in total. The van der Waals surface area contributed by atoms with Crippen molar-refractivity contribution >= 4 is 16.1 Å². The Balaban J connectivity index is 2.06. The van der Waals surface area contributed by atoms with Crippen molar-refractivity contribution in [3.63, 3.8) is 0 Å². The first-order valence-corrected chi connectivity index (χ1v) is 10.6. The first kappa shape index (κ1) is 20.1. The van der Waals surface area contributed by atoms with E-state index < -0.39 is 31.7 Å². The highest BCUT2D eigenvalue weighted by Gasteiger charge is 2.36. The molecule has 27 heavy (non-hydrogen) atoms. The van der Waals surface area contributed by atoms with Crippen LogP contribution in [0.3, 0.4) is 0 Å². The van der Waals surface area contributed by atoms with Gasteiger partial charge in [-0.3, -0.25) is 0 Å². The zero-order valence-electron chi connectivity index (χ0n) is 14.7. The molecule has 1 aliphatic heterocycles. The van der Waals surface area contributed by atoms with E-state index in [1.807, 2.05) is 0 Å². The van der Waals surface area contributed by atoms with Gasteiger partial charge in [-0.25, -0.2) is 13.2 Å². The van der Waals surface area contributed by atoms with Gasteiger partial charge in [-0.2, -0.15) is 13.2 Å². The lowest BCUT2D eigenvalue weighted by Crippen LogP contribution is -2.30. The number of rotatable bonds is 4. The lowest BCUT2D eigenvalue weighted by atomic mass is 10.1. The van der Waals surface area contributed by atoms with Crippen molar-refractivity contribution in [2.45, 2.75) is 60.9 Å². The second-order valence-corrected chi connectivity index (χ2v) is 9.23. The summed E-state index contributed by atoms with van der Waals surface area (Å²) in [7, 11) is -4.02. The van der Waals surface area contributed by atoms with Crippen LogP contribution in [-0.2, 0) is 20.8 Å². The van der Waals surface area contributed by atoms with E-state index in [9.17, 15) is 26.8 Å². The summed E-state index contributed by atoms with van der Waals surface area (Å²) in [6, 6.07) is 2.29. The van der Waals surface area contributed by atoms with E-state index >= 15 is 0 Å². The summed E-state index contributed by atoms with van der Waals surface area (Å²) in [6.07, 6.45) is 0.132. The molecule has 0 spiro atoms. The van der Waals surface area contributed by atoms with Crippen LogP contribution in [0, 0.1) is 5.21 Å². The van der Waals surface area contributed by atoms with Gasteiger partial charge in [0.25, 0.3) is 0 Å². The van der Waals surface area contributed by atoms with Gasteiger partial charge in [-0.15, -0.1) is 0 Å². The smallest absolute Gasteiger partial charge is 0.416 e. The van der Waals surface area contributed by atoms with Crippen LogP contribution >= 0.6 is 0 Å². The number of hydrogen-bond acceptors (Lipinski definition) is 4. The number of nitrogens with zero attached hydrogens (tertiary/aromatic N) is 1. The molecular weight excluding hydrogens is 383 g/mol. The van der Waals surface area contributed by atoms with Gasteiger partial charge in [-0.05, 0) is 43.9 Å². The number of sulfone groups is 1. The monoisotopic (exact) mass is 405 g/mol. The third-order valence-electron chi connectivity index (χ3n) is 5.21. The third kappa shape index (κ3) is 4.45. The maximum Gasteiger partial charge on any atom is 0.416 e. The molecule has 0 atom stereocenters. The molecule has 1 aromatic rings. The summed E-state index contributed by atoms with van der Waals surface area (Å²) in [5, 5.41) is 11.6. The molecular formula is C18H22F3NO4S. The molecule has 0 aromatic heterocycles. The minimum atomic E-state index is -4.67. The molecule has 2 fully saturated rings. The largest absolute Gasteiger partial charge is 0.624 e. The Labute approximate surface area is 156 Å². The van der Waals surface area contributed by atoms with Crippen LogP contribution in [-0.4, -0.2) is 43.9 Å². The fourth-order valence-electron chi connectivity index (χ4n) is 3.63. The Morgan fingerprint density at radius 2 is 1.74 bits per heavy atom. The predicted molar refractivity (Wildman–Crippen MR) is 93.5 cm³/mol. The quantitative estimate of drug-likeness (QED) is 0.333. The Bertz CT molecular complexity index is 808. The standard InChI is InChI=1S/C18H22F3NO4S/c19-18(20,21)14-6-5-13(12-22(23)15-3-1-2-4-15)17(11-14)27(24,25)16-7-9-26-10-8-16/h5-6,11-12,15-16H,1-4,7-10H2/b22-12-. The molecule has 3 rings (SSSR count). The third-order valence-corrected chi connectivity index (χ3v) is 7.52. The molecule has 1 saturated heterocycles. The lowest BCUT2D eigenvalue weighted by Gasteiger charge is -2.23. The van der Waals surface area contributed by atoms with Crippen molar-refractivity contribution in [2.24, 2.45) is 0 Å². The minimum absolute atomic E-state index is 0.0105. The molecule has 0 amide bonds. The van der Waals surface area contributed by atoms with Gasteiger partial charge in [0.2, 0.25) is 0 Å². The van der Waals surface area contributed by atoms with E-state index in [1.54, 1.807) is 0 Å². The topological polar surface area (TPSA) is 69.4 Å². The number of hydroxylamine groups is 1. The van der Waals surface area contributed by atoms with Crippen molar-refractivity contribution in [1.29, 1.82) is 0 Å². The Morgan fingerprint density at radius 1 is 1.11 bits per heavy atom. The van der Waals surface area contributed by atoms with Gasteiger partial charge in [0.15, 0.2) is 22.1 Å². The Kier molecular flexibility index (Phi) is 5.81. The molecule has 1 heterocycles. The average Bonchev–Trinajstić information content (AvgIpc) is 3.16. The maximum absolute atomic E-state index is 13.1. The normalized spacial score (nSPS) is 20.9. The van der Waals surface area contributed by atoms with Gasteiger partial charge in [0, 0.05) is 26.1 Å². The Morgan fingerprint density at radius 3 is 2.33 bits per heavy atom. The van der Waals surface area contributed by atoms with Crippen molar-refractivity contribution < 1.29 is 31.1 Å². The van der Waals surface area contributed by atoms with E-state index in [1.165, 1.54) is 0 Å². The molecule has 0 radical (unpaired) electrons. The first-order valence-electron chi connectivity index (χ1n) is 9.03. The van der Waals surface area contributed by atoms with E-state index in [4.69, 9.17) is 4.74 Å². The minimum Gasteiger partial charge on any atom is -0.624 e. The van der Waals surface area contributed by atoms with Gasteiger partial charge in [-0.1, -0.05) is 0 Å². The highest BCUT2D eigenvalue weighted by molar-refractivity contribution is 7.92. The molecule has 1 saturated carbocycles. The number of hydrogen-bond donors (Lipinski definition) is 0. The predicted octanol–water partition coefficient (Wildman–Crippen LogP) is 3.53. The van der Waals surface area contributed by atoms with Crippen molar-refractivity contribution in [3.05, 3.63) is 34.5 Å². The van der Waals surface area contributed by atoms with Gasteiger partial charge in [0.05, 0.1) is 21.3 Å². The summed E-state index contributed by atoms with van der Waals surface area (Å²) in [6.45, 7) is 0.495. The number of halogens is 3. The van der Waals surface area contributed by atoms with E-state index in [-0.39, 0.29) is 37.7 Å². The molecule has 2 aliphatic rings. The van der Waals surface area contributed by atoms with E-state index in [0.29, 0.717) is 23.6 Å². The van der Waals surface area contributed by atoms with Crippen LogP contribution in [0.4, 0.5) is 13.2 Å². The van der Waals surface area contributed by atoms with Crippen LogP contribution in [0.1, 0.15) is 49.7 Å². The molecule has 1 aliphatic carbocycles. The van der Waals surface area contributed by atoms with E-state index in [0.717, 1.165) is 31.2 Å². The summed E-state index contributed by atoms with van der Waals surface area (Å²) in [5.41, 5.74) is -1.03. The van der Waals surface area contributed by atoms with Crippen LogP contribution in [0.2, 0.25) is 0 Å². The average molecular weight is 405 g/mol. The van der Waals surface area contributed by atoms with E-state index in [2.05, 4.69) is 0 Å². The molecule has 5 nitrogen and oxygen atoms in total. The molecule has 150 valence electrons. The second kappa shape index (κ2) is 7.79. The molecule has 0 bridgehead atoms. The number of ether oxygens (including phenoxy) is 1. The van der Waals surface area contributed by atoms with Crippen LogP contribution in [0.25, 0.3) is 0 Å². The SMILES string of the molecule is O=S(=O)(c1cc(C(F)(F)F)ccc1/C=[N+](\[O-])C1CCCC1)C1CCOCC1. The Hall–Kier alpha value is -1.61. The van der Waals surface area contributed by atoms with Gasteiger partial charge < -0.3 is 9.94 Å². The molecule has 0 unspecified atom stereocenters. The first-order chi connectivity index (χ1) is 12.7. The summed E-state index contributed by atoms with van der Waals surface area (Å²) >= 11 is 0. The van der Waals surface area contributed by atoms with Crippen LogP contribution < -0.4 is 0 Å². The van der Waals surface area contributed by atoms with Gasteiger partial charge in [0.1, 0.15) is 0 Å². The zero-order valence-corrected chi connectivity index (χ0v) is 15.6. The highest BCUT2D eigenvalue weighted by atomic mass is 32.2. The number of alkyl halides is 3. The van der Waals surface area contributed by atoms with Crippen LogP contribution in [0.5, 0.6) is 0 Å². The summed E-state index contributed by atoms with van der Waals surface area (Å²) < 4.78 is 71.3. The molecule has 1 aromatic carbocycles. The van der Waals surface area contributed by atoms with Crippen molar-refractivity contribution in [1.82, 2.24) is 0 Å². The lowest BCUT2D eigenvalue weighted by molar-refractivity contribution is -0.494.